The van der Waals surface area contributed by atoms with E-state index in [0.717, 1.165) is 5.56 Å². The van der Waals surface area contributed by atoms with Crippen LogP contribution in [0.2, 0.25) is 5.02 Å². The first-order valence-corrected chi connectivity index (χ1v) is 6.04. The first-order valence-electron chi connectivity index (χ1n) is 5.66. The molecule has 1 aromatic carbocycles. The molecule has 0 aliphatic heterocycles. The molecule has 1 heterocycles. The number of pyridine rings is 1. The van der Waals surface area contributed by atoms with E-state index in [1.165, 1.54) is 7.11 Å². The summed E-state index contributed by atoms with van der Waals surface area (Å²) in [6.07, 6.45) is 6.90. The van der Waals surface area contributed by atoms with Crippen molar-refractivity contribution in [2.45, 2.75) is 0 Å². The molecule has 0 N–H and O–H groups in total. The molecule has 0 fully saturated rings. The molecule has 3 nitrogen and oxygen atoms in total. The maximum absolute atomic E-state index is 11.6. The van der Waals surface area contributed by atoms with E-state index in [4.69, 9.17) is 16.3 Å². The summed E-state index contributed by atoms with van der Waals surface area (Å²) in [6.45, 7) is 0. The summed E-state index contributed by atoms with van der Waals surface area (Å²) in [5, 5.41) is 0.689. The fourth-order valence-corrected chi connectivity index (χ4v) is 1.72. The van der Waals surface area contributed by atoms with Crippen LogP contribution in [0.5, 0.6) is 0 Å². The third-order valence-corrected chi connectivity index (χ3v) is 2.83. The monoisotopic (exact) mass is 273 g/mol. The van der Waals surface area contributed by atoms with Gasteiger partial charge in [0.25, 0.3) is 0 Å². The molecule has 4 heteroatoms. The summed E-state index contributed by atoms with van der Waals surface area (Å²) >= 11 is 5.82. The molecule has 19 heavy (non-hydrogen) atoms. The van der Waals surface area contributed by atoms with Crippen molar-refractivity contribution in [2.75, 3.05) is 7.11 Å². The lowest BCUT2D eigenvalue weighted by Crippen LogP contribution is -2.03. The Balaban J connectivity index is 2.28. The maximum Gasteiger partial charge on any atom is 0.338 e. The van der Waals surface area contributed by atoms with Gasteiger partial charge in [-0.25, -0.2) is 4.79 Å². The van der Waals surface area contributed by atoms with Crippen LogP contribution in [0.4, 0.5) is 0 Å². The van der Waals surface area contributed by atoms with Gasteiger partial charge in [-0.3, -0.25) is 4.98 Å². The highest BCUT2D eigenvalue weighted by Gasteiger charge is 2.08. The Morgan fingerprint density at radius 1 is 1.21 bits per heavy atom. The Bertz CT molecular complexity index is 606. The molecule has 0 amide bonds. The summed E-state index contributed by atoms with van der Waals surface area (Å²) in [6, 6.07) is 9.05. The number of aromatic nitrogens is 1. The minimum absolute atomic E-state index is 0.377. The van der Waals surface area contributed by atoms with Crippen molar-refractivity contribution in [3.8, 4) is 0 Å². The lowest BCUT2D eigenvalue weighted by molar-refractivity contribution is 0.0600. The van der Waals surface area contributed by atoms with Crippen LogP contribution in [0.1, 0.15) is 21.5 Å². The van der Waals surface area contributed by atoms with Crippen LogP contribution in [-0.2, 0) is 4.74 Å². The molecular formula is C15H12ClNO2. The molecule has 0 spiro atoms. The molecule has 1 aromatic heterocycles. The molecule has 96 valence electrons. The fourth-order valence-electron chi connectivity index (χ4n) is 1.60. The van der Waals surface area contributed by atoms with Gasteiger partial charge in [-0.1, -0.05) is 35.9 Å². The summed E-state index contributed by atoms with van der Waals surface area (Å²) in [4.78, 5) is 15.6. The lowest BCUT2D eigenvalue weighted by Gasteiger charge is -2.02. The molecule has 2 aromatic rings. The van der Waals surface area contributed by atoms with Crippen molar-refractivity contribution in [2.24, 2.45) is 0 Å². The Labute approximate surface area is 116 Å². The second-order valence-electron chi connectivity index (χ2n) is 3.84. The average Bonchev–Trinajstić information content (AvgIpc) is 2.46. The first-order chi connectivity index (χ1) is 9.20. The topological polar surface area (TPSA) is 39.2 Å². The minimum Gasteiger partial charge on any atom is -0.465 e. The number of carbonyl (C=O) groups is 1. The number of halogens is 1. The van der Waals surface area contributed by atoms with Crippen molar-refractivity contribution < 1.29 is 9.53 Å². The zero-order valence-corrected chi connectivity index (χ0v) is 11.1. The van der Waals surface area contributed by atoms with Crippen molar-refractivity contribution in [1.82, 2.24) is 4.98 Å². The summed E-state index contributed by atoms with van der Waals surface area (Å²) in [5.74, 6) is -0.377. The number of nitrogens with zero attached hydrogens (tertiary/aromatic N) is 1. The quantitative estimate of drug-likeness (QED) is 0.801. The molecular weight excluding hydrogens is 262 g/mol. The molecule has 0 unspecified atom stereocenters. The van der Waals surface area contributed by atoms with Crippen LogP contribution in [0.3, 0.4) is 0 Å². The number of carbonyl (C=O) groups excluding carboxylic acids is 1. The highest BCUT2D eigenvalue weighted by molar-refractivity contribution is 6.30. The van der Waals surface area contributed by atoms with Crippen LogP contribution in [0.25, 0.3) is 12.2 Å². The molecule has 0 saturated carbocycles. The van der Waals surface area contributed by atoms with E-state index in [1.807, 2.05) is 36.4 Å². The zero-order valence-electron chi connectivity index (χ0n) is 10.3. The van der Waals surface area contributed by atoms with Crippen LogP contribution < -0.4 is 0 Å². The van der Waals surface area contributed by atoms with Gasteiger partial charge in [0, 0.05) is 23.0 Å². The van der Waals surface area contributed by atoms with E-state index in [1.54, 1.807) is 18.5 Å². The number of esters is 1. The van der Waals surface area contributed by atoms with Gasteiger partial charge < -0.3 is 4.74 Å². The second-order valence-corrected chi connectivity index (χ2v) is 4.28. The Morgan fingerprint density at radius 2 is 1.95 bits per heavy atom. The van der Waals surface area contributed by atoms with Gasteiger partial charge in [0.15, 0.2) is 0 Å². The SMILES string of the molecule is COC(=O)c1ccncc1C=Cc1ccc(Cl)cc1. The normalized spacial score (nSPS) is 10.6. The average molecular weight is 274 g/mol. The Hall–Kier alpha value is -2.13. The van der Waals surface area contributed by atoms with E-state index < -0.39 is 0 Å². The third-order valence-electron chi connectivity index (χ3n) is 2.58. The predicted molar refractivity (Wildman–Crippen MR) is 76.0 cm³/mol. The van der Waals surface area contributed by atoms with Gasteiger partial charge in [-0.2, -0.15) is 0 Å². The van der Waals surface area contributed by atoms with E-state index >= 15 is 0 Å². The molecule has 0 atom stereocenters. The van der Waals surface area contributed by atoms with Gasteiger partial charge >= 0.3 is 5.97 Å². The predicted octanol–water partition coefficient (Wildman–Crippen LogP) is 3.69. The number of ether oxygens (including phenoxy) is 1. The number of rotatable bonds is 3. The van der Waals surface area contributed by atoms with Crippen LogP contribution in [0.15, 0.2) is 42.7 Å². The highest BCUT2D eigenvalue weighted by atomic mass is 35.5. The minimum atomic E-state index is -0.377. The van der Waals surface area contributed by atoms with E-state index in [-0.39, 0.29) is 5.97 Å². The second kappa shape index (κ2) is 6.16. The van der Waals surface area contributed by atoms with Crippen LogP contribution in [0, 0.1) is 0 Å². The Morgan fingerprint density at radius 3 is 2.63 bits per heavy atom. The number of methoxy groups -OCH3 is 1. The fraction of sp³-hybridized carbons (Fsp3) is 0.0667. The molecule has 0 radical (unpaired) electrons. The van der Waals surface area contributed by atoms with Crippen molar-refractivity contribution in [3.05, 3.63) is 64.4 Å². The highest BCUT2D eigenvalue weighted by Crippen LogP contribution is 2.15. The largest absolute Gasteiger partial charge is 0.465 e. The van der Waals surface area contributed by atoms with Crippen LogP contribution >= 0.6 is 11.6 Å². The maximum atomic E-state index is 11.6. The molecule has 0 aliphatic rings. The van der Waals surface area contributed by atoms with E-state index in [9.17, 15) is 4.79 Å². The van der Waals surface area contributed by atoms with Crippen LogP contribution in [-0.4, -0.2) is 18.1 Å². The smallest absolute Gasteiger partial charge is 0.338 e. The van der Waals surface area contributed by atoms with Crippen molar-refractivity contribution in [3.63, 3.8) is 0 Å². The van der Waals surface area contributed by atoms with Gasteiger partial charge in [0.05, 0.1) is 12.7 Å². The third kappa shape index (κ3) is 3.42. The zero-order chi connectivity index (χ0) is 13.7. The summed E-state index contributed by atoms with van der Waals surface area (Å²) < 4.78 is 4.73. The Kier molecular flexibility index (Phi) is 4.31. The number of hydrogen-bond donors (Lipinski definition) is 0. The first kappa shape index (κ1) is 13.3. The lowest BCUT2D eigenvalue weighted by atomic mass is 10.1. The van der Waals surface area contributed by atoms with Gasteiger partial charge in [0.1, 0.15) is 0 Å². The number of benzene rings is 1. The van der Waals surface area contributed by atoms with Gasteiger partial charge in [0.2, 0.25) is 0 Å². The molecule has 0 aliphatic carbocycles. The van der Waals surface area contributed by atoms with Crippen molar-refractivity contribution >= 4 is 29.7 Å². The van der Waals surface area contributed by atoms with Gasteiger partial charge in [-0.05, 0) is 23.8 Å². The molecule has 0 bridgehead atoms. The van der Waals surface area contributed by atoms with E-state index in [0.29, 0.717) is 16.1 Å². The van der Waals surface area contributed by atoms with Gasteiger partial charge in [-0.15, -0.1) is 0 Å². The van der Waals surface area contributed by atoms with E-state index in [2.05, 4.69) is 4.98 Å². The number of hydrogen-bond acceptors (Lipinski definition) is 3. The molecule has 2 rings (SSSR count). The summed E-state index contributed by atoms with van der Waals surface area (Å²) in [7, 11) is 1.36. The summed E-state index contributed by atoms with van der Waals surface area (Å²) in [5.41, 5.74) is 2.19. The molecule has 0 saturated heterocycles. The van der Waals surface area contributed by atoms with Crippen molar-refractivity contribution in [1.29, 1.82) is 0 Å². The standard InChI is InChI=1S/C15H12ClNO2/c1-19-15(18)14-8-9-17-10-12(14)5-2-11-3-6-13(16)7-4-11/h2-10H,1H3.